The highest BCUT2D eigenvalue weighted by Gasteiger charge is 2.25. The van der Waals surface area contributed by atoms with Crippen molar-refractivity contribution >= 4 is 13.7 Å². The quantitative estimate of drug-likeness (QED) is 0.0288. The number of hydrogen-bond acceptors (Lipinski definition) is 4. The van der Waals surface area contributed by atoms with Crippen molar-refractivity contribution in [2.24, 2.45) is 0 Å². The monoisotopic (exact) mass is 724 g/mol. The van der Waals surface area contributed by atoms with Gasteiger partial charge in [0.2, 0.25) is 5.91 Å². The van der Waals surface area contributed by atoms with Gasteiger partial charge >= 0.3 is 7.82 Å². The Hall–Kier alpha value is -1.50. The van der Waals surface area contributed by atoms with E-state index in [4.69, 9.17) is 9.79 Å². The van der Waals surface area contributed by atoms with Crippen molar-refractivity contribution in [1.29, 1.82) is 0 Å². The van der Waals surface area contributed by atoms with Crippen molar-refractivity contribution in [2.75, 3.05) is 6.61 Å². The first-order valence-electron chi connectivity index (χ1n) is 20.6. The van der Waals surface area contributed by atoms with Crippen LogP contribution in [-0.4, -0.2) is 39.6 Å². The molecule has 0 heterocycles. The molecule has 0 unspecified atom stereocenters. The van der Waals surface area contributed by atoms with Crippen molar-refractivity contribution in [2.45, 2.75) is 206 Å². The fourth-order valence-corrected chi connectivity index (χ4v) is 6.28. The van der Waals surface area contributed by atoms with Crippen LogP contribution in [0.4, 0.5) is 0 Å². The molecule has 1 amide bonds. The summed E-state index contributed by atoms with van der Waals surface area (Å²) in [7, 11) is -4.71. The van der Waals surface area contributed by atoms with Gasteiger partial charge < -0.3 is 20.2 Å². The number of phosphoric ester groups is 1. The number of rotatable bonds is 37. The van der Waals surface area contributed by atoms with E-state index >= 15 is 0 Å². The summed E-state index contributed by atoms with van der Waals surface area (Å²) >= 11 is 0. The van der Waals surface area contributed by atoms with Crippen LogP contribution >= 0.6 is 7.82 Å². The third-order valence-electron chi connectivity index (χ3n) is 9.07. The second kappa shape index (κ2) is 37.3. The molecule has 0 saturated carbocycles. The average Bonchev–Trinajstić information content (AvgIpc) is 3.08. The maximum Gasteiger partial charge on any atom is 0.469 e. The number of phosphoric acid groups is 1. The van der Waals surface area contributed by atoms with Crippen LogP contribution in [0.1, 0.15) is 194 Å². The molecule has 0 aliphatic heterocycles. The van der Waals surface area contributed by atoms with Crippen molar-refractivity contribution < 1.29 is 28.8 Å². The molecular formula is C42H78NO6P. The van der Waals surface area contributed by atoms with E-state index in [0.29, 0.717) is 12.8 Å². The Morgan fingerprint density at radius 3 is 1.40 bits per heavy atom. The maximum atomic E-state index is 12.6. The number of aliphatic hydroxyl groups excluding tert-OH is 1. The van der Waals surface area contributed by atoms with Crippen molar-refractivity contribution in [3.63, 3.8) is 0 Å². The molecule has 0 spiro atoms. The summed E-state index contributed by atoms with van der Waals surface area (Å²) in [5.74, 6) is -0.249. The molecule has 8 heteroatoms. The number of aliphatic hydroxyl groups is 1. The molecule has 0 aliphatic carbocycles. The fraction of sp³-hybridized carbons (Fsp3) is 0.786. The summed E-state index contributed by atoms with van der Waals surface area (Å²) in [4.78, 5) is 30.8. The lowest BCUT2D eigenvalue weighted by molar-refractivity contribution is -0.123. The molecule has 0 aromatic rings. The van der Waals surface area contributed by atoms with Crippen LogP contribution in [0.3, 0.4) is 0 Å². The van der Waals surface area contributed by atoms with Gasteiger partial charge in [0.15, 0.2) is 0 Å². The van der Waals surface area contributed by atoms with Gasteiger partial charge in [-0.15, -0.1) is 0 Å². The highest BCUT2D eigenvalue weighted by Crippen LogP contribution is 2.36. The van der Waals surface area contributed by atoms with Crippen LogP contribution in [-0.2, 0) is 13.9 Å². The SMILES string of the molecule is CCCCCCCCC/C=C\C/C=C\C/C=C\C/C=C\CCCC(=O)N[C@@H](COP(=O)(O)O)[C@H](O)CCCCCCCCCCCCCCC. The lowest BCUT2D eigenvalue weighted by Gasteiger charge is -2.24. The number of nitrogens with one attached hydrogen (secondary N) is 1. The summed E-state index contributed by atoms with van der Waals surface area (Å²) < 4.78 is 15.9. The van der Waals surface area contributed by atoms with Gasteiger partial charge in [-0.05, 0) is 51.4 Å². The minimum atomic E-state index is -4.71. The van der Waals surface area contributed by atoms with E-state index in [-0.39, 0.29) is 12.3 Å². The van der Waals surface area contributed by atoms with Gasteiger partial charge in [-0.1, -0.05) is 184 Å². The van der Waals surface area contributed by atoms with Crippen molar-refractivity contribution in [3.8, 4) is 0 Å². The summed E-state index contributed by atoms with van der Waals surface area (Å²) in [6, 6.07) is -0.854. The number of carbonyl (C=O) groups is 1. The molecule has 4 N–H and O–H groups in total. The first-order chi connectivity index (χ1) is 24.3. The minimum Gasteiger partial charge on any atom is -0.391 e. The average molecular weight is 724 g/mol. The zero-order valence-electron chi connectivity index (χ0n) is 32.3. The van der Waals surface area contributed by atoms with Gasteiger partial charge in [0, 0.05) is 6.42 Å². The summed E-state index contributed by atoms with van der Waals surface area (Å²) in [5.41, 5.74) is 0. The van der Waals surface area contributed by atoms with Crippen LogP contribution in [0.2, 0.25) is 0 Å². The Bertz CT molecular complexity index is 912. The van der Waals surface area contributed by atoms with E-state index in [2.05, 4.69) is 72.3 Å². The first-order valence-corrected chi connectivity index (χ1v) is 22.1. The van der Waals surface area contributed by atoms with Crippen LogP contribution in [0.25, 0.3) is 0 Å². The molecule has 0 aromatic carbocycles. The van der Waals surface area contributed by atoms with E-state index in [9.17, 15) is 14.5 Å². The molecule has 0 bridgehead atoms. The van der Waals surface area contributed by atoms with Crippen molar-refractivity contribution in [1.82, 2.24) is 5.32 Å². The Labute approximate surface area is 308 Å². The summed E-state index contributed by atoms with van der Waals surface area (Å²) in [6.45, 7) is 4.08. The maximum absolute atomic E-state index is 12.6. The topological polar surface area (TPSA) is 116 Å². The molecule has 2 atom stereocenters. The highest BCUT2D eigenvalue weighted by atomic mass is 31.2. The van der Waals surface area contributed by atoms with Crippen LogP contribution in [0.15, 0.2) is 48.6 Å². The van der Waals surface area contributed by atoms with Crippen LogP contribution in [0.5, 0.6) is 0 Å². The lowest BCUT2D eigenvalue weighted by Crippen LogP contribution is -2.46. The number of carbonyl (C=O) groups excluding carboxylic acids is 1. The van der Waals surface area contributed by atoms with Gasteiger partial charge in [0.25, 0.3) is 0 Å². The first kappa shape index (κ1) is 48.5. The Balaban J connectivity index is 4.05. The van der Waals surface area contributed by atoms with E-state index in [1.54, 1.807) is 0 Å². The second-order valence-electron chi connectivity index (χ2n) is 14.0. The van der Waals surface area contributed by atoms with Gasteiger partial charge in [-0.25, -0.2) is 4.57 Å². The lowest BCUT2D eigenvalue weighted by atomic mass is 10.0. The molecule has 0 rings (SSSR count). The van der Waals surface area contributed by atoms with Gasteiger partial charge in [0.05, 0.1) is 18.8 Å². The molecule has 0 aromatic heterocycles. The minimum absolute atomic E-state index is 0.249. The van der Waals surface area contributed by atoms with Crippen molar-refractivity contribution in [3.05, 3.63) is 48.6 Å². The molecule has 292 valence electrons. The third-order valence-corrected chi connectivity index (χ3v) is 9.55. The molecule has 0 aliphatic rings. The third kappa shape index (κ3) is 37.7. The predicted octanol–water partition coefficient (Wildman–Crippen LogP) is 12.1. The van der Waals surface area contributed by atoms with E-state index in [1.165, 1.54) is 116 Å². The summed E-state index contributed by atoms with van der Waals surface area (Å²) in [6.07, 6.45) is 48.2. The molecule has 0 fully saturated rings. The smallest absolute Gasteiger partial charge is 0.391 e. The normalized spacial score (nSPS) is 13.8. The fourth-order valence-electron chi connectivity index (χ4n) is 5.93. The van der Waals surface area contributed by atoms with Gasteiger partial charge in [-0.2, -0.15) is 0 Å². The van der Waals surface area contributed by atoms with Gasteiger partial charge in [0.1, 0.15) is 0 Å². The standard InChI is InChI=1S/C42H78NO6P/c1-3-5-7-9-11-13-15-17-18-19-20-21-22-23-24-26-28-30-32-34-36-38-42(45)43-40(39-49-50(46,47)48)41(44)37-35-33-31-29-27-25-16-14-12-10-8-6-4-2/h18-19,21-22,24,26,30,32,40-41,44H,3-17,20,23,25,27-29,31,33-39H2,1-2H3,(H,43,45)(H2,46,47,48)/b19-18-,22-21-,26-24-,32-30-/t40-,41+/m0/s1. The van der Waals surface area contributed by atoms with Gasteiger partial charge in [-0.3, -0.25) is 9.32 Å². The Kier molecular flexibility index (Phi) is 36.1. The molecular weight excluding hydrogens is 645 g/mol. The summed E-state index contributed by atoms with van der Waals surface area (Å²) in [5, 5.41) is 13.5. The van der Waals surface area contributed by atoms with E-state index in [1.807, 2.05) is 0 Å². The number of allylic oxidation sites excluding steroid dienone is 8. The number of unbranched alkanes of at least 4 members (excludes halogenated alkanes) is 20. The van der Waals surface area contributed by atoms with Crippen LogP contribution < -0.4 is 5.32 Å². The van der Waals surface area contributed by atoms with E-state index in [0.717, 1.165) is 44.9 Å². The molecule has 0 saturated heterocycles. The zero-order chi connectivity index (χ0) is 36.8. The second-order valence-corrected chi connectivity index (χ2v) is 15.2. The van der Waals surface area contributed by atoms with E-state index < -0.39 is 26.6 Å². The zero-order valence-corrected chi connectivity index (χ0v) is 33.2. The van der Waals surface area contributed by atoms with Crippen LogP contribution in [0, 0.1) is 0 Å². The number of hydrogen-bond donors (Lipinski definition) is 4. The predicted molar refractivity (Wildman–Crippen MR) is 213 cm³/mol. The highest BCUT2D eigenvalue weighted by molar-refractivity contribution is 7.46. The molecule has 7 nitrogen and oxygen atoms in total. The molecule has 0 radical (unpaired) electrons. The largest absolute Gasteiger partial charge is 0.469 e. The Morgan fingerprint density at radius 1 is 0.580 bits per heavy atom. The Morgan fingerprint density at radius 2 is 0.960 bits per heavy atom. The number of amides is 1. The molecule has 50 heavy (non-hydrogen) atoms.